The molecule has 1 aromatic carbocycles. The molecule has 21 heavy (non-hydrogen) atoms. The Morgan fingerprint density at radius 1 is 1.33 bits per heavy atom. The van der Waals surface area contributed by atoms with Gasteiger partial charge < -0.3 is 5.32 Å². The van der Waals surface area contributed by atoms with Gasteiger partial charge in [-0.2, -0.15) is 0 Å². The van der Waals surface area contributed by atoms with Crippen LogP contribution >= 0.6 is 23.2 Å². The molecule has 0 heterocycles. The van der Waals surface area contributed by atoms with E-state index >= 15 is 0 Å². The summed E-state index contributed by atoms with van der Waals surface area (Å²) in [6.07, 6.45) is 0.273. The number of rotatable bonds is 3. The Bertz CT molecular complexity index is 680. The molecule has 1 rings (SSSR count). The Balaban J connectivity index is 3.23. The van der Waals surface area contributed by atoms with E-state index in [0.29, 0.717) is 0 Å². The highest BCUT2D eigenvalue weighted by Gasteiger charge is 2.22. The lowest BCUT2D eigenvalue weighted by Crippen LogP contribution is -2.20. The number of benzene rings is 1. The van der Waals surface area contributed by atoms with Gasteiger partial charge in [-0.25, -0.2) is 13.6 Å². The molecule has 0 aliphatic rings. The van der Waals surface area contributed by atoms with Crippen LogP contribution in [0.5, 0.6) is 0 Å². The van der Waals surface area contributed by atoms with Crippen LogP contribution in [0.25, 0.3) is 0 Å². The number of sulfonamides is 1. The van der Waals surface area contributed by atoms with E-state index in [1.54, 1.807) is 0 Å². The van der Waals surface area contributed by atoms with Crippen molar-refractivity contribution in [1.82, 2.24) is 0 Å². The van der Waals surface area contributed by atoms with E-state index in [4.69, 9.17) is 28.3 Å². The molecule has 0 bridgehead atoms. The number of carbonyl (C=O) groups is 1. The summed E-state index contributed by atoms with van der Waals surface area (Å²) >= 11 is 12.1. The van der Waals surface area contributed by atoms with Crippen LogP contribution in [0.2, 0.25) is 10.0 Å². The van der Waals surface area contributed by atoms with E-state index in [-0.39, 0.29) is 43.9 Å². The largest absolute Gasteiger partial charge is 0.324 e. The lowest BCUT2D eigenvalue weighted by atomic mass is 9.92. The van der Waals surface area contributed by atoms with Crippen molar-refractivity contribution in [3.05, 3.63) is 21.7 Å². The maximum absolute atomic E-state index is 12.0. The molecule has 0 fully saturated rings. The summed E-state index contributed by atoms with van der Waals surface area (Å²) < 4.78 is 22.9. The lowest BCUT2D eigenvalue weighted by molar-refractivity contribution is -0.117. The second-order valence-electron chi connectivity index (χ2n) is 6.00. The highest BCUT2D eigenvalue weighted by Crippen LogP contribution is 2.37. The highest BCUT2D eigenvalue weighted by molar-refractivity contribution is 7.89. The van der Waals surface area contributed by atoms with Gasteiger partial charge in [0.25, 0.3) is 0 Å². The fraction of sp³-hybridized carbons (Fsp3) is 0.462. The molecular formula is C13H18Cl2N2O3S. The van der Waals surface area contributed by atoms with Crippen molar-refractivity contribution in [3.63, 3.8) is 0 Å². The van der Waals surface area contributed by atoms with Gasteiger partial charge in [0.05, 0.1) is 20.6 Å². The maximum Gasteiger partial charge on any atom is 0.238 e. The Kier molecular flexibility index (Phi) is 5.31. The van der Waals surface area contributed by atoms with Gasteiger partial charge in [0.1, 0.15) is 0 Å². The van der Waals surface area contributed by atoms with E-state index in [1.165, 1.54) is 13.0 Å². The van der Waals surface area contributed by atoms with Gasteiger partial charge in [0.2, 0.25) is 15.9 Å². The first-order valence-electron chi connectivity index (χ1n) is 6.14. The number of primary sulfonamides is 1. The third kappa shape index (κ3) is 4.85. The number of nitrogens with one attached hydrogen (secondary N) is 1. The second-order valence-corrected chi connectivity index (χ2v) is 8.32. The van der Waals surface area contributed by atoms with Gasteiger partial charge in [-0.1, -0.05) is 44.0 Å². The molecule has 0 radical (unpaired) electrons. The predicted octanol–water partition coefficient (Wildman–Crippen LogP) is 3.32. The van der Waals surface area contributed by atoms with Crippen LogP contribution < -0.4 is 10.5 Å². The van der Waals surface area contributed by atoms with E-state index in [9.17, 15) is 13.2 Å². The van der Waals surface area contributed by atoms with Crippen molar-refractivity contribution in [1.29, 1.82) is 0 Å². The van der Waals surface area contributed by atoms with Gasteiger partial charge in [0, 0.05) is 6.42 Å². The number of amides is 1. The van der Waals surface area contributed by atoms with Crippen molar-refractivity contribution in [2.45, 2.75) is 39.0 Å². The quantitative estimate of drug-likeness (QED) is 0.873. The number of carbonyl (C=O) groups excluding carboxylic acids is 1. The Morgan fingerprint density at radius 3 is 2.29 bits per heavy atom. The molecule has 0 aliphatic heterocycles. The minimum Gasteiger partial charge on any atom is -0.324 e. The topological polar surface area (TPSA) is 89.3 Å². The van der Waals surface area contributed by atoms with E-state index in [0.717, 1.165) is 0 Å². The summed E-state index contributed by atoms with van der Waals surface area (Å²) in [5, 5.41) is 7.80. The standard InChI is InChI=1S/C13H18Cl2N2O3S/c1-7-9(21(16,19)20)5-8(14)12(11(7)15)17-10(18)6-13(2,3)4/h5H,6H2,1-4H3,(H,17,18)(H2,16,19,20). The van der Waals surface area contributed by atoms with Gasteiger partial charge >= 0.3 is 0 Å². The summed E-state index contributed by atoms with van der Waals surface area (Å²) in [6, 6.07) is 1.19. The Morgan fingerprint density at radius 2 is 1.86 bits per heavy atom. The van der Waals surface area contributed by atoms with Crippen LogP contribution in [0.1, 0.15) is 32.8 Å². The minimum atomic E-state index is -3.93. The molecule has 5 nitrogen and oxygen atoms in total. The van der Waals surface area contributed by atoms with Crippen molar-refractivity contribution in [2.24, 2.45) is 10.6 Å². The molecule has 0 spiro atoms. The van der Waals surface area contributed by atoms with Gasteiger partial charge in [-0.05, 0) is 24.0 Å². The molecule has 0 saturated heterocycles. The number of anilines is 1. The van der Waals surface area contributed by atoms with Crippen LogP contribution in [0.3, 0.4) is 0 Å². The van der Waals surface area contributed by atoms with Crippen LogP contribution in [0.15, 0.2) is 11.0 Å². The van der Waals surface area contributed by atoms with Crippen molar-refractivity contribution < 1.29 is 13.2 Å². The monoisotopic (exact) mass is 352 g/mol. The SMILES string of the molecule is Cc1c(S(N)(=O)=O)cc(Cl)c(NC(=O)CC(C)(C)C)c1Cl. The van der Waals surface area contributed by atoms with E-state index in [2.05, 4.69) is 5.32 Å². The zero-order chi connectivity index (χ0) is 16.6. The smallest absolute Gasteiger partial charge is 0.238 e. The lowest BCUT2D eigenvalue weighted by Gasteiger charge is -2.19. The molecular weight excluding hydrogens is 335 g/mol. The van der Waals surface area contributed by atoms with Gasteiger partial charge in [-0.15, -0.1) is 0 Å². The van der Waals surface area contributed by atoms with Crippen LogP contribution in [0.4, 0.5) is 5.69 Å². The van der Waals surface area contributed by atoms with Crippen LogP contribution in [-0.4, -0.2) is 14.3 Å². The van der Waals surface area contributed by atoms with Crippen molar-refractivity contribution in [3.8, 4) is 0 Å². The van der Waals surface area contributed by atoms with E-state index in [1.807, 2.05) is 20.8 Å². The number of nitrogens with two attached hydrogens (primary N) is 1. The fourth-order valence-corrected chi connectivity index (χ4v) is 3.25. The molecule has 1 aromatic rings. The van der Waals surface area contributed by atoms with Crippen LogP contribution in [-0.2, 0) is 14.8 Å². The fourth-order valence-electron chi connectivity index (χ4n) is 1.77. The molecule has 8 heteroatoms. The average Bonchev–Trinajstić information content (AvgIpc) is 2.25. The van der Waals surface area contributed by atoms with Crippen molar-refractivity contribution in [2.75, 3.05) is 5.32 Å². The summed E-state index contributed by atoms with van der Waals surface area (Å²) in [7, 11) is -3.93. The zero-order valence-electron chi connectivity index (χ0n) is 12.3. The predicted molar refractivity (Wildman–Crippen MR) is 85.3 cm³/mol. The normalized spacial score (nSPS) is 12.3. The Labute approximate surface area is 134 Å². The van der Waals surface area contributed by atoms with Crippen LogP contribution in [0, 0.1) is 12.3 Å². The molecule has 0 unspecified atom stereocenters. The number of hydrogen-bond acceptors (Lipinski definition) is 3. The van der Waals surface area contributed by atoms with E-state index < -0.39 is 10.0 Å². The number of halogens is 2. The average molecular weight is 353 g/mol. The molecule has 0 aliphatic carbocycles. The Hall–Kier alpha value is -0.820. The molecule has 118 valence electrons. The van der Waals surface area contributed by atoms with Crippen molar-refractivity contribution >= 4 is 44.8 Å². The first-order chi connectivity index (χ1) is 9.33. The summed E-state index contributed by atoms with van der Waals surface area (Å²) in [5.41, 5.74) is 0.241. The molecule has 3 N–H and O–H groups in total. The summed E-state index contributed by atoms with van der Waals surface area (Å²) in [6.45, 7) is 7.26. The van der Waals surface area contributed by atoms with Gasteiger partial charge in [-0.3, -0.25) is 4.79 Å². The van der Waals surface area contributed by atoms with Gasteiger partial charge in [0.15, 0.2) is 0 Å². The third-order valence-electron chi connectivity index (χ3n) is 2.68. The highest BCUT2D eigenvalue weighted by atomic mass is 35.5. The first-order valence-corrected chi connectivity index (χ1v) is 8.44. The molecule has 0 atom stereocenters. The minimum absolute atomic E-state index is 0.0249. The summed E-state index contributed by atoms with van der Waals surface area (Å²) in [5.74, 6) is -0.256. The zero-order valence-corrected chi connectivity index (χ0v) is 14.6. The molecule has 1 amide bonds. The molecule has 0 aromatic heterocycles. The number of hydrogen-bond donors (Lipinski definition) is 2. The summed E-state index contributed by atoms with van der Waals surface area (Å²) in [4.78, 5) is 11.8. The molecule has 0 saturated carbocycles. The first kappa shape index (κ1) is 18.2. The third-order valence-corrected chi connectivity index (χ3v) is 4.48. The maximum atomic E-state index is 12.0. The second kappa shape index (κ2) is 6.12.